The fourth-order valence-corrected chi connectivity index (χ4v) is 1.62. The molecule has 2 amide bonds. The number of hydrogen-bond acceptors (Lipinski definition) is 3. The lowest BCUT2D eigenvalue weighted by atomic mass is 10.1. The van der Waals surface area contributed by atoms with Crippen LogP contribution in [-0.4, -0.2) is 36.3 Å². The van der Waals surface area contributed by atoms with Crippen molar-refractivity contribution in [3.8, 4) is 0 Å². The lowest BCUT2D eigenvalue weighted by Gasteiger charge is -2.20. The molecular formula is C13H19N3O2. The summed E-state index contributed by atoms with van der Waals surface area (Å²) in [6, 6.07) is 6.86. The SMILES string of the molecule is CCNC(=O)CN(CC)C(=O)c1ccccc1N. The van der Waals surface area contributed by atoms with Gasteiger partial charge in [0.1, 0.15) is 0 Å². The summed E-state index contributed by atoms with van der Waals surface area (Å²) in [5.41, 5.74) is 6.62. The smallest absolute Gasteiger partial charge is 0.256 e. The average Bonchev–Trinajstić information content (AvgIpc) is 2.36. The predicted octanol–water partition coefficient (Wildman–Crippen LogP) is 0.867. The highest BCUT2D eigenvalue weighted by Crippen LogP contribution is 2.13. The first kappa shape index (κ1) is 14.0. The number of amides is 2. The first-order chi connectivity index (χ1) is 8.60. The normalized spacial score (nSPS) is 9.89. The number of nitrogen functional groups attached to an aromatic ring is 1. The highest BCUT2D eigenvalue weighted by Gasteiger charge is 2.18. The number of nitrogens with two attached hydrogens (primary N) is 1. The van der Waals surface area contributed by atoms with Crippen molar-refractivity contribution in [2.45, 2.75) is 13.8 Å². The maximum atomic E-state index is 12.2. The molecular weight excluding hydrogens is 230 g/mol. The number of benzene rings is 1. The number of anilines is 1. The summed E-state index contributed by atoms with van der Waals surface area (Å²) >= 11 is 0. The summed E-state index contributed by atoms with van der Waals surface area (Å²) in [5.74, 6) is -0.385. The van der Waals surface area contributed by atoms with E-state index in [4.69, 9.17) is 5.73 Å². The van der Waals surface area contributed by atoms with Crippen molar-refractivity contribution >= 4 is 17.5 Å². The molecule has 0 radical (unpaired) electrons. The Bertz CT molecular complexity index is 432. The van der Waals surface area contributed by atoms with Crippen LogP contribution >= 0.6 is 0 Å². The van der Waals surface area contributed by atoms with Crippen molar-refractivity contribution in [2.75, 3.05) is 25.4 Å². The van der Waals surface area contributed by atoms with Gasteiger partial charge in [-0.1, -0.05) is 12.1 Å². The lowest BCUT2D eigenvalue weighted by Crippen LogP contribution is -2.40. The van der Waals surface area contributed by atoms with Gasteiger partial charge in [-0.2, -0.15) is 0 Å². The van der Waals surface area contributed by atoms with E-state index in [1.165, 1.54) is 4.90 Å². The summed E-state index contributed by atoms with van der Waals surface area (Å²) in [4.78, 5) is 25.2. The van der Waals surface area contributed by atoms with E-state index in [0.717, 1.165) is 0 Å². The minimum absolute atomic E-state index is 0.0531. The van der Waals surface area contributed by atoms with Crippen molar-refractivity contribution in [3.05, 3.63) is 29.8 Å². The molecule has 0 aromatic heterocycles. The van der Waals surface area contributed by atoms with Crippen molar-refractivity contribution < 1.29 is 9.59 Å². The zero-order valence-electron chi connectivity index (χ0n) is 10.8. The van der Waals surface area contributed by atoms with Crippen LogP contribution in [-0.2, 0) is 4.79 Å². The fraction of sp³-hybridized carbons (Fsp3) is 0.385. The van der Waals surface area contributed by atoms with E-state index in [1.54, 1.807) is 24.3 Å². The molecule has 0 saturated carbocycles. The number of likely N-dealkylation sites (N-methyl/N-ethyl adjacent to an activating group) is 2. The molecule has 1 rings (SSSR count). The van der Waals surface area contributed by atoms with E-state index in [0.29, 0.717) is 24.3 Å². The third-order valence-electron chi connectivity index (χ3n) is 2.57. The molecule has 98 valence electrons. The number of nitrogens with zero attached hydrogens (tertiary/aromatic N) is 1. The molecule has 3 N–H and O–H groups in total. The van der Waals surface area contributed by atoms with Crippen LogP contribution < -0.4 is 11.1 Å². The van der Waals surface area contributed by atoms with Crippen LogP contribution in [0.4, 0.5) is 5.69 Å². The van der Waals surface area contributed by atoms with Crippen LogP contribution in [0.15, 0.2) is 24.3 Å². The standard InChI is InChI=1S/C13H19N3O2/c1-3-15-12(17)9-16(4-2)13(18)10-7-5-6-8-11(10)14/h5-8H,3-4,9,14H2,1-2H3,(H,15,17). The molecule has 0 aliphatic carbocycles. The zero-order chi connectivity index (χ0) is 13.5. The van der Waals surface area contributed by atoms with Crippen molar-refractivity contribution in [3.63, 3.8) is 0 Å². The Morgan fingerprint density at radius 1 is 1.28 bits per heavy atom. The van der Waals surface area contributed by atoms with Crippen molar-refractivity contribution in [2.24, 2.45) is 0 Å². The average molecular weight is 249 g/mol. The lowest BCUT2D eigenvalue weighted by molar-refractivity contribution is -0.121. The van der Waals surface area contributed by atoms with E-state index in [9.17, 15) is 9.59 Å². The van der Waals surface area contributed by atoms with Crippen molar-refractivity contribution in [1.82, 2.24) is 10.2 Å². The number of nitrogens with one attached hydrogen (secondary N) is 1. The summed E-state index contributed by atoms with van der Waals surface area (Å²) < 4.78 is 0. The van der Waals surface area contributed by atoms with Gasteiger partial charge < -0.3 is 16.0 Å². The topological polar surface area (TPSA) is 75.4 Å². The molecule has 18 heavy (non-hydrogen) atoms. The number of hydrogen-bond donors (Lipinski definition) is 2. The van der Waals surface area contributed by atoms with E-state index < -0.39 is 0 Å². The van der Waals surface area contributed by atoms with Gasteiger partial charge in [-0.15, -0.1) is 0 Å². The Hall–Kier alpha value is -2.04. The van der Waals surface area contributed by atoms with Crippen LogP contribution in [0.1, 0.15) is 24.2 Å². The van der Waals surface area contributed by atoms with Gasteiger partial charge in [0, 0.05) is 18.8 Å². The van der Waals surface area contributed by atoms with Gasteiger partial charge >= 0.3 is 0 Å². The molecule has 1 aromatic rings. The summed E-state index contributed by atoms with van der Waals surface area (Å²) in [5, 5.41) is 2.67. The Labute approximate surface area is 107 Å². The van der Waals surface area contributed by atoms with Crippen LogP contribution in [0.2, 0.25) is 0 Å². The molecule has 0 atom stereocenters. The second-order valence-corrected chi connectivity index (χ2v) is 3.86. The molecule has 0 unspecified atom stereocenters. The van der Waals surface area contributed by atoms with Crippen molar-refractivity contribution in [1.29, 1.82) is 0 Å². The molecule has 0 aliphatic rings. The molecule has 0 fully saturated rings. The monoisotopic (exact) mass is 249 g/mol. The van der Waals surface area contributed by atoms with Gasteiger partial charge in [0.05, 0.1) is 12.1 Å². The van der Waals surface area contributed by atoms with Gasteiger partial charge in [-0.25, -0.2) is 0 Å². The minimum Gasteiger partial charge on any atom is -0.398 e. The van der Waals surface area contributed by atoms with Crippen LogP contribution in [0.5, 0.6) is 0 Å². The molecule has 1 aromatic carbocycles. The Kier molecular flexibility index (Phi) is 5.17. The second kappa shape index (κ2) is 6.64. The zero-order valence-corrected chi connectivity index (χ0v) is 10.8. The first-order valence-corrected chi connectivity index (χ1v) is 6.00. The maximum absolute atomic E-state index is 12.2. The maximum Gasteiger partial charge on any atom is 0.256 e. The molecule has 5 heteroatoms. The summed E-state index contributed by atoms with van der Waals surface area (Å²) in [6.45, 7) is 4.74. The predicted molar refractivity (Wildman–Crippen MR) is 71.1 cm³/mol. The van der Waals surface area contributed by atoms with Crippen LogP contribution in [0, 0.1) is 0 Å². The molecule has 0 bridgehead atoms. The molecule has 0 aliphatic heterocycles. The second-order valence-electron chi connectivity index (χ2n) is 3.86. The first-order valence-electron chi connectivity index (χ1n) is 6.00. The largest absolute Gasteiger partial charge is 0.398 e. The third-order valence-corrected chi connectivity index (χ3v) is 2.57. The van der Waals surface area contributed by atoms with Gasteiger partial charge in [-0.3, -0.25) is 9.59 Å². The van der Waals surface area contributed by atoms with E-state index in [2.05, 4.69) is 5.32 Å². The molecule has 5 nitrogen and oxygen atoms in total. The van der Waals surface area contributed by atoms with Crippen LogP contribution in [0.3, 0.4) is 0 Å². The molecule has 0 saturated heterocycles. The number of para-hydroxylation sites is 1. The van der Waals surface area contributed by atoms with E-state index in [-0.39, 0.29) is 18.4 Å². The van der Waals surface area contributed by atoms with Gasteiger partial charge in [-0.05, 0) is 26.0 Å². The minimum atomic E-state index is -0.221. The number of rotatable bonds is 5. The Morgan fingerprint density at radius 2 is 1.94 bits per heavy atom. The van der Waals surface area contributed by atoms with Gasteiger partial charge in [0.2, 0.25) is 5.91 Å². The molecule has 0 spiro atoms. The van der Waals surface area contributed by atoms with Gasteiger partial charge in [0.25, 0.3) is 5.91 Å². The Morgan fingerprint density at radius 3 is 2.50 bits per heavy atom. The Balaban J connectivity index is 2.80. The highest BCUT2D eigenvalue weighted by molar-refractivity contribution is 6.00. The van der Waals surface area contributed by atoms with Crippen LogP contribution in [0.25, 0.3) is 0 Å². The summed E-state index contributed by atoms with van der Waals surface area (Å²) in [7, 11) is 0. The van der Waals surface area contributed by atoms with E-state index in [1.807, 2.05) is 13.8 Å². The van der Waals surface area contributed by atoms with Gasteiger partial charge in [0.15, 0.2) is 0 Å². The number of carbonyl (C=O) groups excluding carboxylic acids is 2. The highest BCUT2D eigenvalue weighted by atomic mass is 16.2. The summed E-state index contributed by atoms with van der Waals surface area (Å²) in [6.07, 6.45) is 0. The fourth-order valence-electron chi connectivity index (χ4n) is 1.62. The number of carbonyl (C=O) groups is 2. The molecule has 0 heterocycles. The third kappa shape index (κ3) is 3.48. The quantitative estimate of drug-likeness (QED) is 0.760. The van der Waals surface area contributed by atoms with E-state index >= 15 is 0 Å².